The van der Waals surface area contributed by atoms with Gasteiger partial charge in [-0.15, -0.1) is 0 Å². The van der Waals surface area contributed by atoms with E-state index in [1.807, 2.05) is 24.3 Å². The fraction of sp³-hybridized carbons (Fsp3) is 0.625. The molecular formula is C16H25NO3. The van der Waals surface area contributed by atoms with Crippen molar-refractivity contribution >= 4 is 0 Å². The van der Waals surface area contributed by atoms with Crippen molar-refractivity contribution in [3.63, 3.8) is 0 Å². The van der Waals surface area contributed by atoms with Crippen LogP contribution in [0.5, 0.6) is 11.5 Å². The van der Waals surface area contributed by atoms with E-state index in [0.717, 1.165) is 30.5 Å². The summed E-state index contributed by atoms with van der Waals surface area (Å²) in [5.41, 5.74) is 0. The zero-order chi connectivity index (χ0) is 14.4. The van der Waals surface area contributed by atoms with Crippen molar-refractivity contribution in [2.45, 2.75) is 25.9 Å². The summed E-state index contributed by atoms with van der Waals surface area (Å²) in [5.74, 6) is 2.23. The molecule has 1 aromatic carbocycles. The van der Waals surface area contributed by atoms with E-state index in [9.17, 15) is 5.11 Å². The molecule has 1 saturated heterocycles. The number of β-amino-alcohol motifs (C(OH)–C–C–N with tert-alkyl or cyclic N) is 1. The zero-order valence-corrected chi connectivity index (χ0v) is 12.4. The van der Waals surface area contributed by atoms with Crippen LogP contribution in [-0.4, -0.2) is 49.5 Å². The van der Waals surface area contributed by atoms with Gasteiger partial charge in [0.25, 0.3) is 0 Å². The molecule has 1 N–H and O–H groups in total. The topological polar surface area (TPSA) is 41.9 Å². The van der Waals surface area contributed by atoms with Gasteiger partial charge in [0.2, 0.25) is 0 Å². The highest BCUT2D eigenvalue weighted by molar-refractivity contribution is 5.32. The Hall–Kier alpha value is -1.26. The van der Waals surface area contributed by atoms with Gasteiger partial charge in [0.1, 0.15) is 24.2 Å². The number of piperidine rings is 1. The van der Waals surface area contributed by atoms with E-state index in [-0.39, 0.29) is 0 Å². The number of aliphatic hydroxyl groups excluding tert-OH is 1. The fourth-order valence-electron chi connectivity index (χ4n) is 2.69. The van der Waals surface area contributed by atoms with Gasteiger partial charge in [-0.3, -0.25) is 0 Å². The first-order valence-electron chi connectivity index (χ1n) is 7.34. The number of hydrogen-bond donors (Lipinski definition) is 1. The third-order valence-electron chi connectivity index (χ3n) is 3.69. The molecule has 112 valence electrons. The summed E-state index contributed by atoms with van der Waals surface area (Å²) in [7, 11) is 1.63. The van der Waals surface area contributed by atoms with Crippen LogP contribution in [0, 0.1) is 5.92 Å². The molecular weight excluding hydrogens is 254 g/mol. The number of aliphatic hydroxyl groups is 1. The Labute approximate surface area is 121 Å². The Balaban J connectivity index is 1.75. The second kappa shape index (κ2) is 7.50. The van der Waals surface area contributed by atoms with E-state index in [1.165, 1.54) is 12.8 Å². The zero-order valence-electron chi connectivity index (χ0n) is 12.4. The standard InChI is InChI=1S/C16H25NO3/c1-13-5-4-8-17(10-13)11-14(18)12-20-16-7-3-6-15(9-16)19-2/h3,6-7,9,13-14,18H,4-5,8,10-12H2,1-2H3/t13-,14+/m0/s1. The molecule has 1 fully saturated rings. The minimum atomic E-state index is -0.452. The predicted molar refractivity (Wildman–Crippen MR) is 79.3 cm³/mol. The number of likely N-dealkylation sites (tertiary alicyclic amines) is 1. The molecule has 0 unspecified atom stereocenters. The summed E-state index contributed by atoms with van der Waals surface area (Å²) in [5, 5.41) is 10.1. The molecule has 1 aliphatic heterocycles. The van der Waals surface area contributed by atoms with E-state index >= 15 is 0 Å². The van der Waals surface area contributed by atoms with E-state index in [2.05, 4.69) is 11.8 Å². The first kappa shape index (κ1) is 15.1. The lowest BCUT2D eigenvalue weighted by atomic mass is 10.0. The number of nitrogens with zero attached hydrogens (tertiary/aromatic N) is 1. The molecule has 0 spiro atoms. The van der Waals surface area contributed by atoms with Crippen LogP contribution >= 0.6 is 0 Å². The molecule has 0 aromatic heterocycles. The van der Waals surface area contributed by atoms with Gasteiger partial charge < -0.3 is 19.5 Å². The van der Waals surface area contributed by atoms with Crippen LogP contribution in [-0.2, 0) is 0 Å². The van der Waals surface area contributed by atoms with Crippen LogP contribution in [0.15, 0.2) is 24.3 Å². The number of hydrogen-bond acceptors (Lipinski definition) is 4. The van der Waals surface area contributed by atoms with Crippen molar-refractivity contribution in [3.05, 3.63) is 24.3 Å². The summed E-state index contributed by atoms with van der Waals surface area (Å²) in [6.07, 6.45) is 2.07. The normalized spacial score (nSPS) is 21.4. The van der Waals surface area contributed by atoms with E-state index in [0.29, 0.717) is 13.2 Å². The van der Waals surface area contributed by atoms with Crippen LogP contribution < -0.4 is 9.47 Å². The molecule has 1 aromatic rings. The monoisotopic (exact) mass is 279 g/mol. The second-order valence-electron chi connectivity index (χ2n) is 5.65. The molecule has 2 rings (SSSR count). The van der Waals surface area contributed by atoms with Crippen LogP contribution in [0.2, 0.25) is 0 Å². The fourth-order valence-corrected chi connectivity index (χ4v) is 2.69. The summed E-state index contributed by atoms with van der Waals surface area (Å²) in [4.78, 5) is 2.33. The Bertz CT molecular complexity index is 410. The van der Waals surface area contributed by atoms with Gasteiger partial charge in [-0.2, -0.15) is 0 Å². The molecule has 4 heteroatoms. The van der Waals surface area contributed by atoms with Gasteiger partial charge in [0.05, 0.1) is 7.11 Å². The van der Waals surface area contributed by atoms with Gasteiger partial charge in [-0.1, -0.05) is 13.0 Å². The number of benzene rings is 1. The quantitative estimate of drug-likeness (QED) is 0.866. The van der Waals surface area contributed by atoms with Crippen molar-refractivity contribution in [1.82, 2.24) is 4.90 Å². The van der Waals surface area contributed by atoms with Crippen LogP contribution in [0.1, 0.15) is 19.8 Å². The number of methoxy groups -OCH3 is 1. The molecule has 0 bridgehead atoms. The molecule has 0 radical (unpaired) electrons. The number of rotatable bonds is 6. The summed E-state index contributed by atoms with van der Waals surface area (Å²) < 4.78 is 10.8. The highest BCUT2D eigenvalue weighted by Crippen LogP contribution is 2.19. The second-order valence-corrected chi connectivity index (χ2v) is 5.65. The highest BCUT2D eigenvalue weighted by Gasteiger charge is 2.19. The van der Waals surface area contributed by atoms with Crippen molar-refractivity contribution in [1.29, 1.82) is 0 Å². The van der Waals surface area contributed by atoms with Gasteiger partial charge in [0, 0.05) is 19.2 Å². The van der Waals surface area contributed by atoms with Crippen molar-refractivity contribution in [2.75, 3.05) is 33.4 Å². The Morgan fingerprint density at radius 1 is 1.40 bits per heavy atom. The third-order valence-corrected chi connectivity index (χ3v) is 3.69. The number of ether oxygens (including phenoxy) is 2. The lowest BCUT2D eigenvalue weighted by Gasteiger charge is -2.32. The Kier molecular flexibility index (Phi) is 5.68. The maximum atomic E-state index is 10.1. The van der Waals surface area contributed by atoms with Crippen LogP contribution in [0.3, 0.4) is 0 Å². The lowest BCUT2D eigenvalue weighted by Crippen LogP contribution is -2.41. The molecule has 0 amide bonds. The maximum Gasteiger partial charge on any atom is 0.123 e. The van der Waals surface area contributed by atoms with Crippen LogP contribution in [0.25, 0.3) is 0 Å². The summed E-state index contributed by atoms with van der Waals surface area (Å²) in [6, 6.07) is 7.46. The van der Waals surface area contributed by atoms with Crippen LogP contribution in [0.4, 0.5) is 0 Å². The van der Waals surface area contributed by atoms with E-state index < -0.39 is 6.10 Å². The molecule has 0 aliphatic carbocycles. The van der Waals surface area contributed by atoms with E-state index in [1.54, 1.807) is 7.11 Å². The molecule has 0 saturated carbocycles. The van der Waals surface area contributed by atoms with Gasteiger partial charge in [-0.05, 0) is 37.4 Å². The predicted octanol–water partition coefficient (Wildman–Crippen LogP) is 2.17. The Morgan fingerprint density at radius 2 is 2.20 bits per heavy atom. The molecule has 4 nitrogen and oxygen atoms in total. The smallest absolute Gasteiger partial charge is 0.123 e. The molecule has 1 aliphatic rings. The van der Waals surface area contributed by atoms with Gasteiger partial charge in [0.15, 0.2) is 0 Å². The molecule has 20 heavy (non-hydrogen) atoms. The summed E-state index contributed by atoms with van der Waals surface area (Å²) >= 11 is 0. The maximum absolute atomic E-state index is 10.1. The Morgan fingerprint density at radius 3 is 2.95 bits per heavy atom. The lowest BCUT2D eigenvalue weighted by molar-refractivity contribution is 0.0536. The van der Waals surface area contributed by atoms with Crippen molar-refractivity contribution < 1.29 is 14.6 Å². The van der Waals surface area contributed by atoms with Crippen molar-refractivity contribution in [2.24, 2.45) is 5.92 Å². The molecule has 1 heterocycles. The molecule has 2 atom stereocenters. The summed E-state index contributed by atoms with van der Waals surface area (Å²) in [6.45, 7) is 5.44. The first-order chi connectivity index (χ1) is 9.67. The minimum absolute atomic E-state index is 0.318. The SMILES string of the molecule is COc1cccc(OC[C@H](O)CN2CCC[C@H](C)C2)c1. The third kappa shape index (κ3) is 4.69. The van der Waals surface area contributed by atoms with Crippen molar-refractivity contribution in [3.8, 4) is 11.5 Å². The average molecular weight is 279 g/mol. The van der Waals surface area contributed by atoms with Gasteiger partial charge in [-0.25, -0.2) is 0 Å². The highest BCUT2D eigenvalue weighted by atomic mass is 16.5. The average Bonchev–Trinajstić information content (AvgIpc) is 2.45. The largest absolute Gasteiger partial charge is 0.497 e. The first-order valence-corrected chi connectivity index (χ1v) is 7.34. The minimum Gasteiger partial charge on any atom is -0.497 e. The van der Waals surface area contributed by atoms with Gasteiger partial charge >= 0.3 is 0 Å². The van der Waals surface area contributed by atoms with E-state index in [4.69, 9.17) is 9.47 Å².